The van der Waals surface area contributed by atoms with Gasteiger partial charge in [0, 0.05) is 0 Å². The van der Waals surface area contributed by atoms with E-state index in [2.05, 4.69) is 4.98 Å². The average molecular weight is 203 g/mol. The van der Waals surface area contributed by atoms with Gasteiger partial charge in [0.25, 0.3) is 0 Å². The van der Waals surface area contributed by atoms with E-state index < -0.39 is 26.6 Å². The zero-order valence-electron chi connectivity index (χ0n) is 6.26. The van der Waals surface area contributed by atoms with Crippen LogP contribution >= 0.6 is 0 Å². The van der Waals surface area contributed by atoms with E-state index in [9.17, 15) is 30.3 Å². The lowest BCUT2D eigenvalue weighted by atomic mass is 10.8. The van der Waals surface area contributed by atoms with Crippen LogP contribution < -0.4 is 0 Å². The Balaban J connectivity index is 3.33. The van der Waals surface area contributed by atoms with E-state index in [0.29, 0.717) is 6.20 Å². The molecule has 0 aliphatic carbocycles. The third kappa shape index (κ3) is 1.45. The predicted molar refractivity (Wildman–Crippen MR) is 37.9 cm³/mol. The first-order valence-electron chi connectivity index (χ1n) is 2.96. The molecule has 0 atom stereocenters. The Hall–Kier alpha value is -2.59. The van der Waals surface area contributed by atoms with Gasteiger partial charge in [-0.3, -0.25) is 0 Å². The second-order valence-corrected chi connectivity index (χ2v) is 2.00. The van der Waals surface area contributed by atoms with Crippen molar-refractivity contribution < 1.29 is 14.9 Å². The molecule has 0 aromatic carbocycles. The van der Waals surface area contributed by atoms with Gasteiger partial charge in [-0.25, -0.2) is 10.1 Å². The summed E-state index contributed by atoms with van der Waals surface area (Å²) in [6, 6.07) is 0. The minimum Gasteiger partial charge on any atom is -0.390 e. The quantitative estimate of drug-likeness (QED) is 0.485. The average Bonchev–Trinajstić information content (AvgIpc) is 2.47. The number of hydrogen-bond donors (Lipinski definition) is 0. The number of rotatable bonds is 3. The van der Waals surface area contributed by atoms with Crippen LogP contribution in [-0.4, -0.2) is 24.5 Å². The second-order valence-electron chi connectivity index (χ2n) is 2.00. The molecule has 0 amide bonds. The largest absolute Gasteiger partial charge is 0.501 e. The minimum absolute atomic E-state index is 0.127. The van der Waals surface area contributed by atoms with E-state index >= 15 is 0 Å². The third-order valence-electron chi connectivity index (χ3n) is 1.18. The molecule has 1 heterocycles. The Kier molecular flexibility index (Phi) is 2.06. The van der Waals surface area contributed by atoms with Gasteiger partial charge in [0.2, 0.25) is 11.2 Å². The number of hydrogen-bond acceptors (Lipinski definition) is 7. The van der Waals surface area contributed by atoms with Crippen LogP contribution in [0.1, 0.15) is 0 Å². The Labute approximate surface area is 74.0 Å². The summed E-state index contributed by atoms with van der Waals surface area (Å²) >= 11 is 0. The number of nitro groups is 3. The lowest BCUT2D eigenvalue weighted by Crippen LogP contribution is -2.10. The monoisotopic (exact) mass is 203 g/mol. The van der Waals surface area contributed by atoms with E-state index in [1.54, 1.807) is 0 Å². The molecule has 0 spiro atoms. The highest BCUT2D eigenvalue weighted by Gasteiger charge is 2.30. The first kappa shape index (κ1) is 9.50. The summed E-state index contributed by atoms with van der Waals surface area (Å²) in [5.41, 5.74) is 0. The normalized spacial score (nSPS) is 9.71. The fourth-order valence-corrected chi connectivity index (χ4v) is 0.682. The van der Waals surface area contributed by atoms with Crippen molar-refractivity contribution in [2.24, 2.45) is 0 Å². The third-order valence-corrected chi connectivity index (χ3v) is 1.18. The van der Waals surface area contributed by atoms with Crippen LogP contribution in [0.3, 0.4) is 0 Å². The summed E-state index contributed by atoms with van der Waals surface area (Å²) in [4.78, 5) is 31.0. The molecule has 0 radical (unpaired) electrons. The van der Waals surface area contributed by atoms with Crippen molar-refractivity contribution in [1.82, 2.24) is 9.66 Å². The molecule has 0 aliphatic heterocycles. The summed E-state index contributed by atoms with van der Waals surface area (Å²) in [5, 5.41) is 29.2. The molecule has 0 saturated heterocycles. The van der Waals surface area contributed by atoms with E-state index in [-0.39, 0.29) is 4.68 Å². The van der Waals surface area contributed by atoms with E-state index in [4.69, 9.17) is 0 Å². The van der Waals surface area contributed by atoms with Crippen molar-refractivity contribution in [1.29, 1.82) is 0 Å². The zero-order chi connectivity index (χ0) is 10.9. The Morgan fingerprint density at radius 3 is 2.00 bits per heavy atom. The molecule has 0 fully saturated rings. The van der Waals surface area contributed by atoms with Gasteiger partial charge in [0.05, 0.1) is 4.68 Å². The van der Waals surface area contributed by atoms with Gasteiger partial charge in [0.15, 0.2) is 0 Å². The van der Waals surface area contributed by atoms with Crippen molar-refractivity contribution in [3.8, 4) is 0 Å². The van der Waals surface area contributed by atoms with Crippen LogP contribution in [0.2, 0.25) is 0 Å². The minimum atomic E-state index is -1.21. The maximum atomic E-state index is 10.2. The van der Waals surface area contributed by atoms with E-state index in [1.165, 1.54) is 0 Å². The van der Waals surface area contributed by atoms with Crippen LogP contribution in [0.5, 0.6) is 0 Å². The molecule has 0 saturated carbocycles. The molecule has 74 valence electrons. The van der Waals surface area contributed by atoms with Gasteiger partial charge >= 0.3 is 11.8 Å². The summed E-state index contributed by atoms with van der Waals surface area (Å²) in [5.74, 6) is -2.16. The van der Waals surface area contributed by atoms with E-state index in [1.807, 2.05) is 0 Å². The lowest BCUT2D eigenvalue weighted by Gasteiger charge is -1.88. The summed E-state index contributed by atoms with van der Waals surface area (Å²) in [7, 11) is 0. The number of nitrogens with zero attached hydrogens (tertiary/aromatic N) is 5. The summed E-state index contributed by atoms with van der Waals surface area (Å²) < 4.78 is -0.127. The smallest absolute Gasteiger partial charge is 0.390 e. The lowest BCUT2D eigenvalue weighted by molar-refractivity contribution is -0.561. The second kappa shape index (κ2) is 3.04. The molecule has 1 aromatic rings. The first-order valence-corrected chi connectivity index (χ1v) is 2.96. The van der Waals surface area contributed by atoms with Gasteiger partial charge in [-0.2, -0.15) is 0 Å². The van der Waals surface area contributed by atoms with Gasteiger partial charge in [-0.1, -0.05) is 0 Å². The Bertz CT molecular complexity index is 390. The maximum Gasteiger partial charge on any atom is 0.501 e. The van der Waals surface area contributed by atoms with E-state index in [0.717, 1.165) is 0 Å². The molecule has 0 N–H and O–H groups in total. The van der Waals surface area contributed by atoms with Gasteiger partial charge in [0.1, 0.15) is 0 Å². The molecule has 14 heavy (non-hydrogen) atoms. The van der Waals surface area contributed by atoms with Crippen molar-refractivity contribution >= 4 is 11.8 Å². The topological polar surface area (TPSA) is 147 Å². The fourth-order valence-electron chi connectivity index (χ4n) is 0.682. The number of aromatic nitrogens is 2. The molecule has 0 unspecified atom stereocenters. The SMILES string of the molecule is O=[N+]([O-])c1cn([N+](=O)[O-])c([N+](=O)[O-])n1. The highest BCUT2D eigenvalue weighted by molar-refractivity contribution is 5.22. The van der Waals surface area contributed by atoms with Crippen LogP contribution in [0.25, 0.3) is 0 Å². The van der Waals surface area contributed by atoms with Crippen molar-refractivity contribution in [3.05, 3.63) is 36.5 Å². The Morgan fingerprint density at radius 1 is 1.14 bits per heavy atom. The highest BCUT2D eigenvalue weighted by Crippen LogP contribution is 2.16. The van der Waals surface area contributed by atoms with Crippen LogP contribution in [-0.2, 0) is 0 Å². The van der Waals surface area contributed by atoms with Crippen LogP contribution in [0.4, 0.5) is 11.8 Å². The summed E-state index contributed by atoms with van der Waals surface area (Å²) in [6.45, 7) is 0. The molecular formula is C3HN5O6. The molecule has 11 nitrogen and oxygen atoms in total. The zero-order valence-corrected chi connectivity index (χ0v) is 6.26. The molecule has 1 rings (SSSR count). The van der Waals surface area contributed by atoms with Crippen molar-refractivity contribution in [3.63, 3.8) is 0 Å². The van der Waals surface area contributed by atoms with Gasteiger partial charge < -0.3 is 20.2 Å². The van der Waals surface area contributed by atoms with Crippen molar-refractivity contribution in [2.75, 3.05) is 0 Å². The van der Waals surface area contributed by atoms with Crippen LogP contribution in [0.15, 0.2) is 6.20 Å². The van der Waals surface area contributed by atoms with Crippen molar-refractivity contribution in [2.45, 2.75) is 0 Å². The van der Waals surface area contributed by atoms with Crippen LogP contribution in [0, 0.1) is 30.3 Å². The molecular weight excluding hydrogens is 202 g/mol. The summed E-state index contributed by atoms with van der Waals surface area (Å²) in [6.07, 6.45) is 0.359. The first-order chi connectivity index (χ1) is 6.43. The highest BCUT2D eigenvalue weighted by atomic mass is 16.7. The molecule has 1 aromatic heterocycles. The Morgan fingerprint density at radius 2 is 1.71 bits per heavy atom. The van der Waals surface area contributed by atoms with Gasteiger partial charge in [-0.15, -0.1) is 0 Å². The predicted octanol–water partition coefficient (Wildman–Crippen LogP) is -0.261. The maximum absolute atomic E-state index is 10.2. The molecule has 0 aliphatic rings. The standard InChI is InChI=1S/C3HN5O6/c9-6(10)2-1-5(8(13)14)3(4-2)7(11)12/h1H. The number of imidazole rings is 1. The molecule has 0 bridgehead atoms. The fraction of sp³-hybridized carbons (Fsp3) is 0. The van der Waals surface area contributed by atoms with Gasteiger partial charge in [-0.05, 0) is 14.8 Å². The molecule has 11 heteroatoms.